The molecule has 0 radical (unpaired) electrons. The Labute approximate surface area is 210 Å². The van der Waals surface area contributed by atoms with E-state index < -0.39 is 0 Å². The van der Waals surface area contributed by atoms with Crippen molar-refractivity contribution in [2.45, 2.75) is 80.2 Å². The van der Waals surface area contributed by atoms with E-state index in [2.05, 4.69) is 41.5 Å². The second-order valence-corrected chi connectivity index (χ2v) is 11.0. The number of rotatable bonds is 9. The van der Waals surface area contributed by atoms with Gasteiger partial charge in [-0.25, -0.2) is 4.98 Å². The lowest BCUT2D eigenvalue weighted by Crippen LogP contribution is -2.39. The predicted octanol–water partition coefficient (Wildman–Crippen LogP) is 6.85. The van der Waals surface area contributed by atoms with Crippen molar-refractivity contribution in [3.05, 3.63) is 70.3 Å². The molecule has 5 nitrogen and oxygen atoms in total. The molecular weight excluding hydrogens is 434 g/mol. The molecule has 35 heavy (non-hydrogen) atoms. The molecule has 5 heteroatoms. The Balaban J connectivity index is 2.14. The van der Waals surface area contributed by atoms with E-state index in [9.17, 15) is 9.59 Å². The number of hydrogen-bond acceptors (Lipinski definition) is 3. The van der Waals surface area contributed by atoms with Gasteiger partial charge in [0.1, 0.15) is 5.82 Å². The van der Waals surface area contributed by atoms with Gasteiger partial charge in [-0.1, -0.05) is 71.4 Å². The second kappa shape index (κ2) is 11.2. The van der Waals surface area contributed by atoms with Crippen molar-refractivity contribution >= 4 is 16.8 Å². The third kappa shape index (κ3) is 6.39. The first kappa shape index (κ1) is 26.7. The smallest absolute Gasteiger partial charge is 0.266 e. The van der Waals surface area contributed by atoms with Gasteiger partial charge in [0.25, 0.3) is 5.56 Å². The van der Waals surface area contributed by atoms with Gasteiger partial charge in [-0.15, -0.1) is 0 Å². The predicted molar refractivity (Wildman–Crippen MR) is 145 cm³/mol. The minimum atomic E-state index is -0.289. The highest BCUT2D eigenvalue weighted by molar-refractivity contribution is 5.79. The van der Waals surface area contributed by atoms with E-state index >= 15 is 0 Å². The summed E-state index contributed by atoms with van der Waals surface area (Å²) in [5.41, 5.74) is 2.64. The van der Waals surface area contributed by atoms with E-state index in [1.165, 1.54) is 0 Å². The standard InChI is InChI=1S/C30H41N3O2/c1-8-18-32(27(34)19-22(4)20-30(5,6)7)26(9-2)28-31-25-13-11-10-12-24(25)29(35)33(28)23-16-14-21(3)15-17-23/h10-17,22,26H,8-9,18-20H2,1-7H3. The molecule has 0 saturated carbocycles. The van der Waals surface area contributed by atoms with Gasteiger partial charge in [-0.3, -0.25) is 14.2 Å². The molecule has 1 heterocycles. The monoisotopic (exact) mass is 475 g/mol. The summed E-state index contributed by atoms with van der Waals surface area (Å²) in [6.07, 6.45) is 3.00. The van der Waals surface area contributed by atoms with Gasteiger partial charge in [0.15, 0.2) is 0 Å². The average molecular weight is 476 g/mol. The van der Waals surface area contributed by atoms with Crippen molar-refractivity contribution in [3.8, 4) is 5.69 Å². The van der Waals surface area contributed by atoms with Gasteiger partial charge in [0.2, 0.25) is 5.91 Å². The molecule has 188 valence electrons. The molecule has 3 aromatic rings. The fourth-order valence-corrected chi connectivity index (χ4v) is 5.09. The van der Waals surface area contributed by atoms with Crippen molar-refractivity contribution < 1.29 is 4.79 Å². The third-order valence-corrected chi connectivity index (χ3v) is 6.42. The van der Waals surface area contributed by atoms with Gasteiger partial charge in [0, 0.05) is 13.0 Å². The molecule has 0 bridgehead atoms. The van der Waals surface area contributed by atoms with Crippen LogP contribution in [0, 0.1) is 18.3 Å². The first-order valence-corrected chi connectivity index (χ1v) is 12.9. The zero-order valence-electron chi connectivity index (χ0n) is 22.5. The number of aryl methyl sites for hydroxylation is 1. The van der Waals surface area contributed by atoms with Crippen LogP contribution >= 0.6 is 0 Å². The minimum Gasteiger partial charge on any atom is -0.333 e. The molecule has 1 aromatic heterocycles. The van der Waals surface area contributed by atoms with Crippen LogP contribution in [-0.4, -0.2) is 26.9 Å². The molecule has 0 aliphatic carbocycles. The van der Waals surface area contributed by atoms with Crippen LogP contribution in [0.5, 0.6) is 0 Å². The van der Waals surface area contributed by atoms with E-state index in [-0.39, 0.29) is 28.8 Å². The SMILES string of the molecule is CCCN(C(=O)CC(C)CC(C)(C)C)C(CC)c1nc2ccccc2c(=O)n1-c1ccc(C)cc1. The van der Waals surface area contributed by atoms with Gasteiger partial charge >= 0.3 is 0 Å². The van der Waals surface area contributed by atoms with Gasteiger partial charge in [0.05, 0.1) is 22.6 Å². The summed E-state index contributed by atoms with van der Waals surface area (Å²) >= 11 is 0. The number of amides is 1. The van der Waals surface area contributed by atoms with Crippen molar-refractivity contribution in [3.63, 3.8) is 0 Å². The molecule has 2 unspecified atom stereocenters. The van der Waals surface area contributed by atoms with Crippen molar-refractivity contribution in [2.24, 2.45) is 11.3 Å². The number of nitrogens with zero attached hydrogens (tertiary/aromatic N) is 3. The summed E-state index contributed by atoms with van der Waals surface area (Å²) in [6, 6.07) is 15.1. The number of carbonyl (C=O) groups excluding carboxylic acids is 1. The number of hydrogen-bond donors (Lipinski definition) is 0. The summed E-state index contributed by atoms with van der Waals surface area (Å²) < 4.78 is 1.71. The molecule has 2 atom stereocenters. The molecule has 0 spiro atoms. The van der Waals surface area contributed by atoms with E-state index in [4.69, 9.17) is 4.98 Å². The van der Waals surface area contributed by atoms with Crippen LogP contribution in [0.4, 0.5) is 0 Å². The van der Waals surface area contributed by atoms with Crippen molar-refractivity contribution in [2.75, 3.05) is 6.54 Å². The van der Waals surface area contributed by atoms with Crippen molar-refractivity contribution in [1.82, 2.24) is 14.5 Å². The van der Waals surface area contributed by atoms with Crippen LogP contribution in [0.15, 0.2) is 53.3 Å². The van der Waals surface area contributed by atoms with Crippen LogP contribution in [0.3, 0.4) is 0 Å². The van der Waals surface area contributed by atoms with E-state index in [1.54, 1.807) is 4.57 Å². The lowest BCUT2D eigenvalue weighted by Gasteiger charge is -2.33. The summed E-state index contributed by atoms with van der Waals surface area (Å²) in [4.78, 5) is 34.4. The highest BCUT2D eigenvalue weighted by atomic mass is 16.2. The van der Waals surface area contributed by atoms with Gasteiger partial charge < -0.3 is 4.90 Å². The highest BCUT2D eigenvalue weighted by Crippen LogP contribution is 2.30. The molecule has 0 aliphatic heterocycles. The fourth-order valence-electron chi connectivity index (χ4n) is 5.09. The van der Waals surface area contributed by atoms with Crippen LogP contribution < -0.4 is 5.56 Å². The molecule has 1 amide bonds. The number of fused-ring (bicyclic) bond motifs is 1. The normalized spacial score (nSPS) is 13.6. The number of aromatic nitrogens is 2. The summed E-state index contributed by atoms with van der Waals surface area (Å²) in [7, 11) is 0. The Hall–Kier alpha value is -2.95. The maximum atomic E-state index is 13.8. The Morgan fingerprint density at radius 2 is 1.71 bits per heavy atom. The highest BCUT2D eigenvalue weighted by Gasteiger charge is 2.30. The maximum Gasteiger partial charge on any atom is 0.266 e. The molecule has 0 fully saturated rings. The summed E-state index contributed by atoms with van der Waals surface area (Å²) in [5, 5.41) is 0.582. The fraction of sp³-hybridized carbons (Fsp3) is 0.500. The number of benzene rings is 2. The topological polar surface area (TPSA) is 55.2 Å². The lowest BCUT2D eigenvalue weighted by molar-refractivity contribution is -0.135. The zero-order valence-corrected chi connectivity index (χ0v) is 22.5. The molecule has 0 aliphatic rings. The van der Waals surface area contributed by atoms with E-state index in [1.807, 2.05) is 60.4 Å². The minimum absolute atomic E-state index is 0.0992. The average Bonchev–Trinajstić information content (AvgIpc) is 2.78. The Bertz CT molecular complexity index is 1200. The second-order valence-electron chi connectivity index (χ2n) is 11.0. The van der Waals surface area contributed by atoms with E-state index in [0.29, 0.717) is 36.1 Å². The number of carbonyl (C=O) groups is 1. The Morgan fingerprint density at radius 1 is 1.06 bits per heavy atom. The molecule has 0 saturated heterocycles. The van der Waals surface area contributed by atoms with Gasteiger partial charge in [-0.05, 0) is 61.8 Å². The zero-order chi connectivity index (χ0) is 25.8. The quantitative estimate of drug-likeness (QED) is 0.340. The van der Waals surface area contributed by atoms with Crippen LogP contribution in [0.1, 0.15) is 84.7 Å². The lowest BCUT2D eigenvalue weighted by atomic mass is 9.84. The third-order valence-electron chi connectivity index (χ3n) is 6.42. The largest absolute Gasteiger partial charge is 0.333 e. The van der Waals surface area contributed by atoms with Gasteiger partial charge in [-0.2, -0.15) is 0 Å². The molecule has 3 rings (SSSR count). The first-order valence-electron chi connectivity index (χ1n) is 12.9. The first-order chi connectivity index (χ1) is 16.6. The Kier molecular flexibility index (Phi) is 8.52. The van der Waals surface area contributed by atoms with Crippen LogP contribution in [0.2, 0.25) is 0 Å². The molecule has 0 N–H and O–H groups in total. The number of para-hydroxylation sites is 1. The molecule has 2 aromatic carbocycles. The Morgan fingerprint density at radius 3 is 2.31 bits per heavy atom. The van der Waals surface area contributed by atoms with E-state index in [0.717, 1.165) is 24.1 Å². The van der Waals surface area contributed by atoms with Crippen molar-refractivity contribution in [1.29, 1.82) is 0 Å². The maximum absolute atomic E-state index is 13.8. The van der Waals surface area contributed by atoms with Crippen LogP contribution in [-0.2, 0) is 4.79 Å². The molecular formula is C30H41N3O2. The summed E-state index contributed by atoms with van der Waals surface area (Å²) in [5.74, 6) is 1.04. The summed E-state index contributed by atoms with van der Waals surface area (Å²) in [6.45, 7) is 15.6. The van der Waals surface area contributed by atoms with Crippen LogP contribution in [0.25, 0.3) is 16.6 Å².